The molecule has 0 aliphatic carbocycles. The molecule has 2 rings (SSSR count). The second kappa shape index (κ2) is 6.22. The van der Waals surface area contributed by atoms with E-state index in [1.807, 2.05) is 17.8 Å². The van der Waals surface area contributed by atoms with Crippen LogP contribution in [0.1, 0.15) is 31.4 Å². The molecule has 1 unspecified atom stereocenters. The fourth-order valence-corrected chi connectivity index (χ4v) is 3.54. The maximum atomic E-state index is 6.12. The van der Waals surface area contributed by atoms with Crippen molar-refractivity contribution in [2.75, 3.05) is 25.1 Å². The number of nitrogens with zero attached hydrogens (tertiary/aromatic N) is 3. The minimum absolute atomic E-state index is 0.299. The van der Waals surface area contributed by atoms with Crippen LogP contribution in [0.5, 0.6) is 0 Å². The van der Waals surface area contributed by atoms with Gasteiger partial charge in [0.15, 0.2) is 0 Å². The van der Waals surface area contributed by atoms with Crippen LogP contribution in [0.25, 0.3) is 0 Å². The lowest BCUT2D eigenvalue weighted by Crippen LogP contribution is -2.34. The van der Waals surface area contributed by atoms with Gasteiger partial charge in [-0.05, 0) is 25.5 Å². The van der Waals surface area contributed by atoms with E-state index in [0.717, 1.165) is 30.2 Å². The number of hydrogen-bond donors (Lipinski definition) is 0. The molecule has 0 aromatic carbocycles. The molecule has 1 atom stereocenters. The first-order valence-electron chi connectivity index (χ1n) is 6.37. The first kappa shape index (κ1) is 14.1. The van der Waals surface area contributed by atoms with Gasteiger partial charge in [-0.25, -0.2) is 9.97 Å². The summed E-state index contributed by atoms with van der Waals surface area (Å²) in [5, 5.41) is 0.569. The van der Waals surface area contributed by atoms with Crippen molar-refractivity contribution in [2.24, 2.45) is 5.92 Å². The Morgan fingerprint density at radius 2 is 2.28 bits per heavy atom. The molecule has 1 aliphatic rings. The number of halogens is 1. The highest BCUT2D eigenvalue weighted by Gasteiger charge is 2.24. The molecule has 0 spiro atoms. The van der Waals surface area contributed by atoms with E-state index in [4.69, 9.17) is 16.6 Å². The van der Waals surface area contributed by atoms with Gasteiger partial charge < -0.3 is 0 Å². The minimum atomic E-state index is 0.299. The lowest BCUT2D eigenvalue weighted by Gasteiger charge is -2.31. The van der Waals surface area contributed by atoms with Gasteiger partial charge in [-0.2, -0.15) is 11.8 Å². The smallest absolute Gasteiger partial charge is 0.148 e. The normalized spacial score (nSPS) is 21.5. The largest absolute Gasteiger partial charge is 0.295 e. The van der Waals surface area contributed by atoms with E-state index in [9.17, 15) is 0 Å². The summed E-state index contributed by atoms with van der Waals surface area (Å²) >= 11 is 8.09. The Bertz CT molecular complexity index is 411. The van der Waals surface area contributed by atoms with Crippen molar-refractivity contribution in [1.82, 2.24) is 14.9 Å². The van der Waals surface area contributed by atoms with Crippen LogP contribution in [-0.4, -0.2) is 40.0 Å². The number of rotatable bonds is 3. The van der Waals surface area contributed by atoms with Gasteiger partial charge in [0.25, 0.3) is 0 Å². The molecule has 1 aliphatic heterocycles. The summed E-state index contributed by atoms with van der Waals surface area (Å²) < 4.78 is 0. The lowest BCUT2D eigenvalue weighted by molar-refractivity contribution is 0.264. The standard InChI is InChI=1S/C13H20ClN3S/c1-9(2)6-10-7-12(14)16-13(15-10)11-8-18-5-4-17(11)3/h7,9,11H,4-6,8H2,1-3H3. The fourth-order valence-electron chi connectivity index (χ4n) is 2.11. The number of thioether (sulfide) groups is 1. The molecule has 0 N–H and O–H groups in total. The van der Waals surface area contributed by atoms with Crippen LogP contribution in [0.4, 0.5) is 0 Å². The summed E-state index contributed by atoms with van der Waals surface area (Å²) in [4.78, 5) is 11.4. The van der Waals surface area contributed by atoms with E-state index >= 15 is 0 Å². The van der Waals surface area contributed by atoms with Gasteiger partial charge in [-0.1, -0.05) is 25.4 Å². The maximum Gasteiger partial charge on any atom is 0.148 e. The van der Waals surface area contributed by atoms with Crippen molar-refractivity contribution in [2.45, 2.75) is 26.3 Å². The van der Waals surface area contributed by atoms with E-state index in [1.54, 1.807) is 0 Å². The second-order valence-electron chi connectivity index (χ2n) is 5.21. The maximum absolute atomic E-state index is 6.12. The topological polar surface area (TPSA) is 29.0 Å². The van der Waals surface area contributed by atoms with Crippen LogP contribution < -0.4 is 0 Å². The van der Waals surface area contributed by atoms with Gasteiger partial charge in [0.2, 0.25) is 0 Å². The first-order valence-corrected chi connectivity index (χ1v) is 7.91. The fraction of sp³-hybridized carbons (Fsp3) is 0.692. The Kier molecular flexibility index (Phi) is 4.87. The SMILES string of the molecule is CC(C)Cc1cc(Cl)nc(C2CSCCN2C)n1. The molecule has 18 heavy (non-hydrogen) atoms. The predicted octanol–water partition coefficient (Wildman–Crippen LogP) is 3.05. The molecule has 2 heterocycles. The quantitative estimate of drug-likeness (QED) is 0.798. The monoisotopic (exact) mass is 285 g/mol. The summed E-state index contributed by atoms with van der Waals surface area (Å²) in [5.74, 6) is 3.71. The molecule has 100 valence electrons. The first-order chi connectivity index (χ1) is 8.56. The summed E-state index contributed by atoms with van der Waals surface area (Å²) in [7, 11) is 2.14. The van der Waals surface area contributed by atoms with Crippen LogP contribution in [0.3, 0.4) is 0 Å². The molecule has 1 aromatic heterocycles. The van der Waals surface area contributed by atoms with E-state index in [1.165, 1.54) is 5.75 Å². The second-order valence-corrected chi connectivity index (χ2v) is 6.75. The van der Waals surface area contributed by atoms with Crippen LogP contribution in [-0.2, 0) is 6.42 Å². The van der Waals surface area contributed by atoms with Crippen molar-refractivity contribution in [1.29, 1.82) is 0 Å². The van der Waals surface area contributed by atoms with Gasteiger partial charge in [0.1, 0.15) is 11.0 Å². The minimum Gasteiger partial charge on any atom is -0.295 e. The molecule has 3 nitrogen and oxygen atoms in total. The summed E-state index contributed by atoms with van der Waals surface area (Å²) in [6.45, 7) is 5.47. The molecule has 5 heteroatoms. The third-order valence-electron chi connectivity index (χ3n) is 3.08. The van der Waals surface area contributed by atoms with E-state index in [0.29, 0.717) is 17.1 Å². The van der Waals surface area contributed by atoms with Gasteiger partial charge in [-0.3, -0.25) is 4.90 Å². The Morgan fingerprint density at radius 3 is 2.94 bits per heavy atom. The van der Waals surface area contributed by atoms with Gasteiger partial charge in [0, 0.05) is 23.7 Å². The van der Waals surface area contributed by atoms with Crippen LogP contribution in [0.2, 0.25) is 5.15 Å². The molecule has 1 fully saturated rings. The average molecular weight is 286 g/mol. The molecular weight excluding hydrogens is 266 g/mol. The molecule has 0 radical (unpaired) electrons. The molecular formula is C13H20ClN3S. The lowest BCUT2D eigenvalue weighted by atomic mass is 10.1. The van der Waals surface area contributed by atoms with E-state index < -0.39 is 0 Å². The number of hydrogen-bond acceptors (Lipinski definition) is 4. The van der Waals surface area contributed by atoms with Crippen LogP contribution >= 0.6 is 23.4 Å². The van der Waals surface area contributed by atoms with Crippen molar-refractivity contribution in [3.63, 3.8) is 0 Å². The van der Waals surface area contributed by atoms with Gasteiger partial charge in [-0.15, -0.1) is 0 Å². The Hall–Kier alpha value is -0.320. The number of aromatic nitrogens is 2. The summed E-state index contributed by atoms with van der Waals surface area (Å²) in [6.07, 6.45) is 0.957. The Balaban J connectivity index is 2.23. The third kappa shape index (κ3) is 3.59. The molecule has 1 saturated heterocycles. The Morgan fingerprint density at radius 1 is 1.50 bits per heavy atom. The van der Waals surface area contributed by atoms with Gasteiger partial charge in [0.05, 0.1) is 6.04 Å². The molecule has 0 amide bonds. The van der Waals surface area contributed by atoms with Crippen molar-refractivity contribution >= 4 is 23.4 Å². The predicted molar refractivity (Wildman–Crippen MR) is 78.3 cm³/mol. The summed E-state index contributed by atoms with van der Waals surface area (Å²) in [6, 6.07) is 2.19. The highest BCUT2D eigenvalue weighted by atomic mass is 35.5. The zero-order chi connectivity index (χ0) is 13.1. The van der Waals surface area contributed by atoms with Crippen LogP contribution in [0, 0.1) is 5.92 Å². The van der Waals surface area contributed by atoms with Gasteiger partial charge >= 0.3 is 0 Å². The van der Waals surface area contributed by atoms with E-state index in [-0.39, 0.29) is 0 Å². The van der Waals surface area contributed by atoms with Crippen molar-refractivity contribution in [3.8, 4) is 0 Å². The van der Waals surface area contributed by atoms with E-state index in [2.05, 4.69) is 30.8 Å². The highest BCUT2D eigenvalue weighted by Crippen LogP contribution is 2.27. The highest BCUT2D eigenvalue weighted by molar-refractivity contribution is 7.99. The molecule has 1 aromatic rings. The van der Waals surface area contributed by atoms with Crippen LogP contribution in [0.15, 0.2) is 6.07 Å². The molecule has 0 bridgehead atoms. The molecule has 0 saturated carbocycles. The average Bonchev–Trinajstić information content (AvgIpc) is 2.27. The summed E-state index contributed by atoms with van der Waals surface area (Å²) in [5.41, 5.74) is 1.06. The zero-order valence-electron chi connectivity index (χ0n) is 11.2. The Labute approximate surface area is 118 Å². The van der Waals surface area contributed by atoms with Crippen molar-refractivity contribution < 1.29 is 0 Å². The van der Waals surface area contributed by atoms with Crippen molar-refractivity contribution in [3.05, 3.63) is 22.7 Å². The zero-order valence-corrected chi connectivity index (χ0v) is 12.8. The third-order valence-corrected chi connectivity index (χ3v) is 4.29.